The van der Waals surface area contributed by atoms with E-state index in [9.17, 15) is 9.59 Å². The highest BCUT2D eigenvalue weighted by molar-refractivity contribution is 6.32. The largest absolute Gasteiger partial charge is 0.300 e. The molecule has 0 amide bonds. The Morgan fingerprint density at radius 2 is 1.96 bits per heavy atom. The van der Waals surface area contributed by atoms with Crippen molar-refractivity contribution in [2.45, 2.75) is 72.1 Å². The van der Waals surface area contributed by atoms with Gasteiger partial charge in [-0.1, -0.05) is 37.1 Å². The molecule has 5 aliphatic carbocycles. The lowest BCUT2D eigenvalue weighted by atomic mass is 9.47. The van der Waals surface area contributed by atoms with Gasteiger partial charge in [-0.25, -0.2) is 0 Å². The molecule has 0 radical (unpaired) electrons. The van der Waals surface area contributed by atoms with Crippen LogP contribution in [0.2, 0.25) is 0 Å². The molecule has 3 saturated carbocycles. The van der Waals surface area contributed by atoms with Gasteiger partial charge >= 0.3 is 0 Å². The quantitative estimate of drug-likeness (QED) is 0.441. The van der Waals surface area contributed by atoms with Gasteiger partial charge in [-0.2, -0.15) is 0 Å². The van der Waals surface area contributed by atoms with Gasteiger partial charge in [-0.3, -0.25) is 9.59 Å². The minimum absolute atomic E-state index is 0.00672. The summed E-state index contributed by atoms with van der Waals surface area (Å²) in [5.41, 5.74) is 3.10. The molecule has 7 atom stereocenters. The average Bonchev–Trinajstić information content (AvgIpc) is 3.28. The van der Waals surface area contributed by atoms with Crippen LogP contribution in [0, 0.1) is 39.9 Å². The Labute approximate surface area is 167 Å². The molecule has 27 heavy (non-hydrogen) atoms. The van der Waals surface area contributed by atoms with E-state index >= 15 is 0 Å². The number of aldehydes is 1. The van der Waals surface area contributed by atoms with E-state index in [1.54, 1.807) is 12.5 Å². The van der Waals surface area contributed by atoms with Gasteiger partial charge in [0.2, 0.25) is 0 Å². The van der Waals surface area contributed by atoms with Gasteiger partial charge in [0.15, 0.2) is 0 Å². The maximum Gasteiger partial charge on any atom is 0.147 e. The number of fused-ring (bicyclic) bond motifs is 5. The summed E-state index contributed by atoms with van der Waals surface area (Å²) in [6, 6.07) is 0. The molecule has 5 aliphatic rings. The number of hydrogen-bond donors (Lipinski definition) is 0. The van der Waals surface area contributed by atoms with E-state index in [1.807, 2.05) is 0 Å². The number of halogens is 1. The van der Waals surface area contributed by atoms with Crippen molar-refractivity contribution >= 4 is 23.7 Å². The molecule has 2 nitrogen and oxygen atoms in total. The second-order valence-electron chi connectivity index (χ2n) is 10.8. The first-order chi connectivity index (χ1) is 12.7. The lowest BCUT2D eigenvalue weighted by Gasteiger charge is -2.58. The third kappa shape index (κ3) is 2.26. The monoisotopic (exact) mass is 386 g/mol. The van der Waals surface area contributed by atoms with Crippen LogP contribution >= 0.6 is 11.6 Å². The van der Waals surface area contributed by atoms with E-state index in [-0.39, 0.29) is 10.8 Å². The zero-order valence-corrected chi connectivity index (χ0v) is 17.6. The normalized spacial score (nSPS) is 50.6. The lowest BCUT2D eigenvalue weighted by Crippen LogP contribution is -2.49. The fraction of sp³-hybridized carbons (Fsp3) is 0.750. The highest BCUT2D eigenvalue weighted by atomic mass is 35.5. The summed E-state index contributed by atoms with van der Waals surface area (Å²) < 4.78 is 0. The van der Waals surface area contributed by atoms with Crippen molar-refractivity contribution in [1.82, 2.24) is 0 Å². The molecule has 0 aromatic carbocycles. The summed E-state index contributed by atoms with van der Waals surface area (Å²) in [5.74, 6) is 2.58. The molecule has 3 fully saturated rings. The Kier molecular flexibility index (Phi) is 3.76. The Morgan fingerprint density at radius 1 is 1.19 bits per heavy atom. The molecule has 1 spiro atoms. The van der Waals surface area contributed by atoms with Crippen molar-refractivity contribution in [3.8, 4) is 0 Å². The van der Waals surface area contributed by atoms with Gasteiger partial charge in [0.05, 0.1) is 0 Å². The number of carbonyl (C=O) groups is 2. The second-order valence-corrected chi connectivity index (χ2v) is 11.2. The second kappa shape index (κ2) is 5.59. The van der Waals surface area contributed by atoms with Crippen LogP contribution in [0.5, 0.6) is 0 Å². The molecular weight excluding hydrogens is 356 g/mol. The summed E-state index contributed by atoms with van der Waals surface area (Å²) in [6.45, 7) is 6.58. The minimum Gasteiger partial charge on any atom is -0.300 e. The van der Waals surface area contributed by atoms with Crippen LogP contribution in [0.3, 0.4) is 0 Å². The van der Waals surface area contributed by atoms with E-state index in [2.05, 4.69) is 19.9 Å². The van der Waals surface area contributed by atoms with E-state index in [4.69, 9.17) is 11.6 Å². The van der Waals surface area contributed by atoms with Crippen LogP contribution < -0.4 is 0 Å². The number of carbonyl (C=O) groups excluding carboxylic acids is 2. The van der Waals surface area contributed by atoms with Crippen LogP contribution in [0.15, 0.2) is 22.3 Å². The maximum atomic E-state index is 11.9. The predicted molar refractivity (Wildman–Crippen MR) is 107 cm³/mol. The number of hydrogen-bond acceptors (Lipinski definition) is 2. The number of allylic oxidation sites excluding steroid dienone is 4. The molecule has 5 rings (SSSR count). The Hall–Kier alpha value is -0.890. The van der Waals surface area contributed by atoms with Crippen molar-refractivity contribution in [2.24, 2.45) is 39.9 Å². The predicted octanol–water partition coefficient (Wildman–Crippen LogP) is 5.85. The first-order valence-electron chi connectivity index (χ1n) is 10.8. The lowest BCUT2D eigenvalue weighted by molar-refractivity contribution is -0.119. The van der Waals surface area contributed by atoms with Crippen molar-refractivity contribution in [2.75, 3.05) is 0 Å². The molecule has 0 aromatic heterocycles. The minimum atomic E-state index is 0.00672. The molecule has 0 heterocycles. The van der Waals surface area contributed by atoms with E-state index in [1.165, 1.54) is 19.3 Å². The topological polar surface area (TPSA) is 34.1 Å². The standard InChI is InChI=1S/C24H31ClO2/c1-14(27)20-12-24(20)9-8-22(2)16(11-24)4-5-17-18(22)6-7-23(3)19(17)10-15(13-26)21(23)25/h4,13,17-20H,5-12H2,1-3H3/t17?,18?,19?,20?,22-,23-,24?/m0/s1. The van der Waals surface area contributed by atoms with E-state index in [0.29, 0.717) is 34.9 Å². The highest BCUT2D eigenvalue weighted by Gasteiger charge is 2.63. The summed E-state index contributed by atoms with van der Waals surface area (Å²) >= 11 is 6.69. The van der Waals surface area contributed by atoms with Gasteiger partial charge < -0.3 is 0 Å². The fourth-order valence-corrected chi connectivity index (χ4v) is 8.27. The maximum absolute atomic E-state index is 11.9. The van der Waals surface area contributed by atoms with Crippen molar-refractivity contribution < 1.29 is 9.59 Å². The first-order valence-corrected chi connectivity index (χ1v) is 11.2. The molecule has 0 aromatic rings. The van der Waals surface area contributed by atoms with Crippen molar-refractivity contribution in [3.63, 3.8) is 0 Å². The van der Waals surface area contributed by atoms with Crippen LogP contribution in [0.4, 0.5) is 0 Å². The van der Waals surface area contributed by atoms with Crippen LogP contribution in [-0.4, -0.2) is 12.1 Å². The summed E-state index contributed by atoms with van der Waals surface area (Å²) in [6.07, 6.45) is 12.6. The van der Waals surface area contributed by atoms with E-state index < -0.39 is 0 Å². The summed E-state index contributed by atoms with van der Waals surface area (Å²) in [7, 11) is 0. The van der Waals surface area contributed by atoms with Gasteiger partial charge in [0, 0.05) is 21.9 Å². The highest BCUT2D eigenvalue weighted by Crippen LogP contribution is 2.71. The average molecular weight is 387 g/mol. The molecule has 0 bridgehead atoms. The first kappa shape index (κ1) is 18.2. The third-order valence-electron chi connectivity index (χ3n) is 9.75. The SMILES string of the molecule is CC(=O)C1CC12CC[C@@]1(C)C(=CCC3C1CC[C@]1(C)C(Cl)=C(C=O)CC31)C2. The number of ketones is 1. The van der Waals surface area contributed by atoms with Crippen molar-refractivity contribution in [3.05, 3.63) is 22.3 Å². The summed E-state index contributed by atoms with van der Waals surface area (Å²) in [4.78, 5) is 23.5. The Balaban J connectivity index is 1.44. The summed E-state index contributed by atoms with van der Waals surface area (Å²) in [5, 5.41) is 0.853. The third-order valence-corrected chi connectivity index (χ3v) is 10.4. The zero-order valence-electron chi connectivity index (χ0n) is 16.8. The smallest absolute Gasteiger partial charge is 0.147 e. The van der Waals surface area contributed by atoms with Gasteiger partial charge in [0.25, 0.3) is 0 Å². The molecule has 146 valence electrons. The zero-order chi connectivity index (χ0) is 19.2. The number of Topliss-reactive ketones (excluding diaryl/α,β-unsaturated/α-hetero) is 1. The van der Waals surface area contributed by atoms with Gasteiger partial charge in [-0.15, -0.1) is 0 Å². The van der Waals surface area contributed by atoms with E-state index in [0.717, 1.165) is 49.0 Å². The molecule has 5 unspecified atom stereocenters. The van der Waals surface area contributed by atoms with Gasteiger partial charge in [-0.05, 0) is 86.9 Å². The van der Waals surface area contributed by atoms with Crippen LogP contribution in [-0.2, 0) is 9.59 Å². The molecule has 0 aliphatic heterocycles. The molecule has 0 N–H and O–H groups in total. The Morgan fingerprint density at radius 3 is 2.63 bits per heavy atom. The fourth-order valence-electron chi connectivity index (χ4n) is 7.91. The molecule has 3 heteroatoms. The molecule has 0 saturated heterocycles. The van der Waals surface area contributed by atoms with Gasteiger partial charge in [0.1, 0.15) is 12.1 Å². The number of rotatable bonds is 2. The van der Waals surface area contributed by atoms with Crippen LogP contribution in [0.1, 0.15) is 72.1 Å². The molecular formula is C24H31ClO2. The van der Waals surface area contributed by atoms with Crippen LogP contribution in [0.25, 0.3) is 0 Å². The Bertz CT molecular complexity index is 794. The van der Waals surface area contributed by atoms with Crippen molar-refractivity contribution in [1.29, 1.82) is 0 Å².